The number of hydrogen-bond acceptors (Lipinski definition) is 3. The van der Waals surface area contributed by atoms with Crippen molar-refractivity contribution in [3.8, 4) is 11.4 Å². The van der Waals surface area contributed by atoms with Crippen LogP contribution in [0.1, 0.15) is 17.0 Å². The molecule has 0 aliphatic heterocycles. The van der Waals surface area contributed by atoms with E-state index in [-0.39, 0.29) is 6.61 Å². The van der Waals surface area contributed by atoms with Crippen LogP contribution in [0, 0.1) is 13.8 Å². The Hall–Kier alpha value is -1.68. The zero-order valence-corrected chi connectivity index (χ0v) is 9.73. The fraction of sp³-hybridized carbons (Fsp3) is 0.333. The van der Waals surface area contributed by atoms with Gasteiger partial charge in [-0.25, -0.2) is 0 Å². The molecule has 0 atom stereocenters. The first-order valence-electron chi connectivity index (χ1n) is 5.19. The Morgan fingerprint density at radius 1 is 1.12 bits per heavy atom. The minimum absolute atomic E-state index is 0.0890. The van der Waals surface area contributed by atoms with Crippen LogP contribution < -0.4 is 0 Å². The first-order chi connectivity index (χ1) is 7.61. The summed E-state index contributed by atoms with van der Waals surface area (Å²) >= 11 is 0. The number of hydrogen-bond donors (Lipinski definition) is 1. The molecule has 0 spiro atoms. The van der Waals surface area contributed by atoms with Gasteiger partial charge in [0.25, 0.3) is 0 Å². The number of nitrogens with zero attached hydrogens (tertiary/aromatic N) is 3. The number of aliphatic hydroxyl groups is 1. The van der Waals surface area contributed by atoms with E-state index in [1.54, 1.807) is 0 Å². The molecule has 2 aromatic rings. The van der Waals surface area contributed by atoms with Crippen LogP contribution in [0.5, 0.6) is 0 Å². The molecule has 0 aliphatic rings. The molecule has 1 aromatic heterocycles. The summed E-state index contributed by atoms with van der Waals surface area (Å²) in [6.45, 7) is 4.02. The fourth-order valence-corrected chi connectivity index (χ4v) is 1.85. The lowest BCUT2D eigenvalue weighted by molar-refractivity contribution is 0.267. The molecule has 0 radical (unpaired) electrons. The molecule has 0 aliphatic carbocycles. The average Bonchev–Trinajstić information content (AvgIpc) is 2.58. The van der Waals surface area contributed by atoms with Crippen LogP contribution in [0.25, 0.3) is 11.4 Å². The lowest BCUT2D eigenvalue weighted by Gasteiger charge is -2.05. The second-order valence-corrected chi connectivity index (χ2v) is 4.03. The molecule has 0 saturated heterocycles. The van der Waals surface area contributed by atoms with E-state index in [0.717, 1.165) is 11.4 Å². The van der Waals surface area contributed by atoms with E-state index in [2.05, 4.69) is 42.2 Å². The minimum atomic E-state index is -0.0890. The largest absolute Gasteiger partial charge is 0.388 e. The molecule has 0 saturated carbocycles. The summed E-state index contributed by atoms with van der Waals surface area (Å²) in [5.74, 6) is 1.37. The maximum absolute atomic E-state index is 9.06. The SMILES string of the molecule is Cc1cc(C)cc(-c2nnc(CO)n2C)c1. The topological polar surface area (TPSA) is 50.9 Å². The zero-order valence-electron chi connectivity index (χ0n) is 9.73. The van der Waals surface area contributed by atoms with Crippen molar-refractivity contribution in [3.63, 3.8) is 0 Å². The van der Waals surface area contributed by atoms with Crippen molar-refractivity contribution in [3.05, 3.63) is 35.2 Å². The molecular formula is C12H15N3O. The van der Waals surface area contributed by atoms with Gasteiger partial charge in [-0.15, -0.1) is 10.2 Å². The highest BCUT2D eigenvalue weighted by atomic mass is 16.3. The van der Waals surface area contributed by atoms with Crippen molar-refractivity contribution in [2.75, 3.05) is 0 Å². The molecule has 1 N–H and O–H groups in total. The van der Waals surface area contributed by atoms with E-state index < -0.39 is 0 Å². The van der Waals surface area contributed by atoms with Gasteiger partial charge in [-0.3, -0.25) is 0 Å². The zero-order chi connectivity index (χ0) is 11.7. The van der Waals surface area contributed by atoms with Crippen LogP contribution in [0.3, 0.4) is 0 Å². The van der Waals surface area contributed by atoms with Gasteiger partial charge in [-0.2, -0.15) is 0 Å². The van der Waals surface area contributed by atoms with Gasteiger partial charge < -0.3 is 9.67 Å². The predicted octanol–water partition coefficient (Wildman–Crippen LogP) is 1.59. The Morgan fingerprint density at radius 3 is 2.25 bits per heavy atom. The minimum Gasteiger partial charge on any atom is -0.388 e. The summed E-state index contributed by atoms with van der Waals surface area (Å²) in [5.41, 5.74) is 3.43. The predicted molar refractivity (Wildman–Crippen MR) is 61.8 cm³/mol. The normalized spacial score (nSPS) is 10.8. The number of benzene rings is 1. The lowest BCUT2D eigenvalue weighted by atomic mass is 10.1. The summed E-state index contributed by atoms with van der Waals surface area (Å²) in [6.07, 6.45) is 0. The monoisotopic (exact) mass is 217 g/mol. The Labute approximate surface area is 94.6 Å². The van der Waals surface area contributed by atoms with Gasteiger partial charge in [0, 0.05) is 12.6 Å². The third kappa shape index (κ3) is 1.84. The van der Waals surface area contributed by atoms with E-state index in [1.807, 2.05) is 11.6 Å². The first kappa shape index (κ1) is 10.8. The van der Waals surface area contributed by atoms with Gasteiger partial charge in [0.2, 0.25) is 0 Å². The highest BCUT2D eigenvalue weighted by molar-refractivity contribution is 5.57. The van der Waals surface area contributed by atoms with Crippen molar-refractivity contribution in [1.82, 2.24) is 14.8 Å². The summed E-state index contributed by atoms with van der Waals surface area (Å²) in [5, 5.41) is 17.1. The first-order valence-corrected chi connectivity index (χ1v) is 5.19. The van der Waals surface area contributed by atoms with E-state index in [4.69, 9.17) is 5.11 Å². The molecule has 0 bridgehead atoms. The second-order valence-electron chi connectivity index (χ2n) is 4.03. The molecule has 1 aromatic carbocycles. The highest BCUT2D eigenvalue weighted by Gasteiger charge is 2.10. The fourth-order valence-electron chi connectivity index (χ4n) is 1.85. The van der Waals surface area contributed by atoms with Crippen LogP contribution in [-0.4, -0.2) is 19.9 Å². The van der Waals surface area contributed by atoms with Crippen molar-refractivity contribution < 1.29 is 5.11 Å². The Kier molecular flexibility index (Phi) is 2.75. The molecule has 2 rings (SSSR count). The van der Waals surface area contributed by atoms with Crippen molar-refractivity contribution >= 4 is 0 Å². The molecule has 1 heterocycles. The second kappa shape index (κ2) is 4.06. The molecule has 4 nitrogen and oxygen atoms in total. The number of rotatable bonds is 2. The molecule has 4 heteroatoms. The Bertz CT molecular complexity index is 497. The summed E-state index contributed by atoms with van der Waals surface area (Å²) in [6, 6.07) is 6.25. The molecule has 0 fully saturated rings. The number of aliphatic hydroxyl groups excluding tert-OH is 1. The quantitative estimate of drug-likeness (QED) is 0.831. The van der Waals surface area contributed by atoms with Gasteiger partial charge >= 0.3 is 0 Å². The van der Waals surface area contributed by atoms with Gasteiger partial charge in [-0.05, 0) is 26.0 Å². The maximum Gasteiger partial charge on any atom is 0.163 e. The van der Waals surface area contributed by atoms with Gasteiger partial charge in [-0.1, -0.05) is 17.2 Å². The molecule has 0 amide bonds. The average molecular weight is 217 g/mol. The van der Waals surface area contributed by atoms with Crippen molar-refractivity contribution in [2.45, 2.75) is 20.5 Å². The van der Waals surface area contributed by atoms with Crippen LogP contribution in [0.4, 0.5) is 0 Å². The van der Waals surface area contributed by atoms with E-state index >= 15 is 0 Å². The summed E-state index contributed by atoms with van der Waals surface area (Å²) in [7, 11) is 1.86. The third-order valence-electron chi connectivity index (χ3n) is 2.59. The highest BCUT2D eigenvalue weighted by Crippen LogP contribution is 2.20. The van der Waals surface area contributed by atoms with E-state index in [1.165, 1.54) is 11.1 Å². The summed E-state index contributed by atoms with van der Waals surface area (Å²) in [4.78, 5) is 0. The smallest absolute Gasteiger partial charge is 0.163 e. The van der Waals surface area contributed by atoms with Crippen LogP contribution in [0.2, 0.25) is 0 Å². The van der Waals surface area contributed by atoms with Gasteiger partial charge in [0.05, 0.1) is 0 Å². The number of aryl methyl sites for hydroxylation is 2. The van der Waals surface area contributed by atoms with Crippen molar-refractivity contribution in [2.24, 2.45) is 7.05 Å². The van der Waals surface area contributed by atoms with Crippen LogP contribution >= 0.6 is 0 Å². The van der Waals surface area contributed by atoms with Crippen LogP contribution in [0.15, 0.2) is 18.2 Å². The maximum atomic E-state index is 9.06. The Balaban J connectivity index is 2.54. The summed E-state index contributed by atoms with van der Waals surface area (Å²) < 4.78 is 1.81. The molecule has 16 heavy (non-hydrogen) atoms. The van der Waals surface area contributed by atoms with Gasteiger partial charge in [0.1, 0.15) is 6.61 Å². The molecule has 84 valence electrons. The van der Waals surface area contributed by atoms with Crippen molar-refractivity contribution in [1.29, 1.82) is 0 Å². The lowest BCUT2D eigenvalue weighted by Crippen LogP contribution is -1.99. The van der Waals surface area contributed by atoms with E-state index in [0.29, 0.717) is 5.82 Å². The third-order valence-corrected chi connectivity index (χ3v) is 2.59. The molecule has 0 unspecified atom stereocenters. The number of aromatic nitrogens is 3. The van der Waals surface area contributed by atoms with Crippen LogP contribution in [-0.2, 0) is 13.7 Å². The van der Waals surface area contributed by atoms with E-state index in [9.17, 15) is 0 Å². The Morgan fingerprint density at radius 2 is 1.75 bits per heavy atom. The van der Waals surface area contributed by atoms with Gasteiger partial charge in [0.15, 0.2) is 11.6 Å². The molecular weight excluding hydrogens is 202 g/mol. The standard InChI is InChI=1S/C12H15N3O/c1-8-4-9(2)6-10(5-8)12-14-13-11(7-16)15(12)3/h4-6,16H,7H2,1-3H3.